The Labute approximate surface area is 111 Å². The second-order valence-electron chi connectivity index (χ2n) is 4.68. The highest BCUT2D eigenvalue weighted by atomic mass is 19.1. The van der Waals surface area contributed by atoms with E-state index in [2.05, 4.69) is 0 Å². The Morgan fingerprint density at radius 3 is 2.25 bits per heavy atom. The van der Waals surface area contributed by atoms with Crippen LogP contribution in [0.2, 0.25) is 0 Å². The van der Waals surface area contributed by atoms with Crippen molar-refractivity contribution in [3.8, 4) is 0 Å². The van der Waals surface area contributed by atoms with Crippen LogP contribution in [0.15, 0.2) is 12.1 Å². The molecule has 0 saturated carbocycles. The number of aliphatic carboxylic acids is 1. The second kappa shape index (κ2) is 4.78. The predicted octanol–water partition coefficient (Wildman–Crippen LogP) is 0.732. The van der Waals surface area contributed by atoms with Crippen LogP contribution in [0.25, 0.3) is 0 Å². The number of benzene rings is 1. The van der Waals surface area contributed by atoms with Gasteiger partial charge in [0.05, 0.1) is 0 Å². The van der Waals surface area contributed by atoms with Gasteiger partial charge in [0.2, 0.25) is 0 Å². The third-order valence-electron chi connectivity index (χ3n) is 3.23. The summed E-state index contributed by atoms with van der Waals surface area (Å²) in [6.45, 7) is -0.407. The van der Waals surface area contributed by atoms with Gasteiger partial charge in [0, 0.05) is 25.2 Å². The van der Waals surface area contributed by atoms with Crippen molar-refractivity contribution >= 4 is 11.9 Å². The molecular weight excluding hydrogens is 277 g/mol. The molecule has 1 fully saturated rings. The minimum Gasteiger partial charge on any atom is -0.480 e. The third-order valence-corrected chi connectivity index (χ3v) is 3.23. The van der Waals surface area contributed by atoms with E-state index in [9.17, 15) is 22.8 Å². The molecule has 1 amide bonds. The van der Waals surface area contributed by atoms with Crippen molar-refractivity contribution in [2.75, 3.05) is 13.1 Å². The fourth-order valence-electron chi connectivity index (χ4n) is 2.09. The van der Waals surface area contributed by atoms with Crippen LogP contribution in [-0.2, 0) is 4.79 Å². The van der Waals surface area contributed by atoms with Crippen LogP contribution in [0.1, 0.15) is 16.8 Å². The van der Waals surface area contributed by atoms with Crippen LogP contribution in [-0.4, -0.2) is 40.5 Å². The van der Waals surface area contributed by atoms with Gasteiger partial charge < -0.3 is 15.7 Å². The van der Waals surface area contributed by atoms with Gasteiger partial charge >= 0.3 is 5.97 Å². The van der Waals surface area contributed by atoms with Crippen LogP contribution in [0.5, 0.6) is 0 Å². The minimum absolute atomic E-state index is 0.0293. The van der Waals surface area contributed by atoms with Gasteiger partial charge in [-0.3, -0.25) is 9.59 Å². The van der Waals surface area contributed by atoms with E-state index < -0.39 is 40.4 Å². The molecule has 8 heteroatoms. The number of hydrogen-bond donors (Lipinski definition) is 2. The van der Waals surface area contributed by atoms with Crippen LogP contribution in [0.3, 0.4) is 0 Å². The first kappa shape index (κ1) is 14.3. The van der Waals surface area contributed by atoms with Gasteiger partial charge in [0.15, 0.2) is 0 Å². The molecule has 1 heterocycles. The Morgan fingerprint density at radius 2 is 1.80 bits per heavy atom. The maximum atomic E-state index is 13.5. The molecular formula is C12H11F3N2O3. The molecule has 2 rings (SSSR count). The third kappa shape index (κ3) is 2.34. The number of carbonyl (C=O) groups is 2. The number of carboxylic acids is 1. The van der Waals surface area contributed by atoms with Crippen LogP contribution in [0, 0.1) is 17.5 Å². The predicted molar refractivity (Wildman–Crippen MR) is 61.4 cm³/mol. The van der Waals surface area contributed by atoms with Crippen molar-refractivity contribution in [3.63, 3.8) is 0 Å². The summed E-state index contributed by atoms with van der Waals surface area (Å²) in [6.07, 6.45) is -0.0293. The molecule has 1 saturated heterocycles. The molecule has 0 spiro atoms. The van der Waals surface area contributed by atoms with Crippen molar-refractivity contribution in [2.45, 2.75) is 12.0 Å². The lowest BCUT2D eigenvalue weighted by atomic mass is 10.0. The van der Waals surface area contributed by atoms with E-state index in [1.54, 1.807) is 0 Å². The Bertz CT molecular complexity index is 570. The lowest BCUT2D eigenvalue weighted by molar-refractivity contribution is -0.142. The first-order valence-corrected chi connectivity index (χ1v) is 5.71. The number of rotatable bonds is 2. The summed E-state index contributed by atoms with van der Waals surface area (Å²) in [6, 6.07) is 0.776. The maximum absolute atomic E-state index is 13.5. The molecule has 1 unspecified atom stereocenters. The van der Waals surface area contributed by atoms with Gasteiger partial charge in [-0.25, -0.2) is 13.2 Å². The molecule has 0 radical (unpaired) electrons. The number of amides is 1. The summed E-state index contributed by atoms with van der Waals surface area (Å²) < 4.78 is 39.8. The fourth-order valence-corrected chi connectivity index (χ4v) is 2.09. The number of hydrogen-bond acceptors (Lipinski definition) is 3. The molecule has 1 aliphatic rings. The molecule has 1 aliphatic heterocycles. The van der Waals surface area contributed by atoms with E-state index in [1.807, 2.05) is 0 Å². The molecule has 1 aromatic rings. The van der Waals surface area contributed by atoms with Gasteiger partial charge in [-0.05, 0) is 6.42 Å². The SMILES string of the molecule is NC1(C(=O)O)CCN(C(=O)c2c(F)cc(F)cc2F)C1. The number of carboxylic acid groups (broad SMARTS) is 1. The summed E-state index contributed by atoms with van der Waals surface area (Å²) >= 11 is 0. The highest BCUT2D eigenvalue weighted by Crippen LogP contribution is 2.23. The summed E-state index contributed by atoms with van der Waals surface area (Å²) in [4.78, 5) is 23.9. The summed E-state index contributed by atoms with van der Waals surface area (Å²) in [5, 5.41) is 8.93. The van der Waals surface area contributed by atoms with Crippen molar-refractivity contribution in [2.24, 2.45) is 5.73 Å². The first-order chi connectivity index (χ1) is 9.24. The van der Waals surface area contributed by atoms with E-state index in [1.165, 1.54) is 0 Å². The lowest BCUT2D eigenvalue weighted by Gasteiger charge is -2.20. The number of likely N-dealkylation sites (tertiary alicyclic amines) is 1. The summed E-state index contributed by atoms with van der Waals surface area (Å²) in [5.74, 6) is -6.16. The maximum Gasteiger partial charge on any atom is 0.325 e. The van der Waals surface area contributed by atoms with Crippen LogP contribution < -0.4 is 5.73 Å². The summed E-state index contributed by atoms with van der Waals surface area (Å²) in [5.41, 5.74) is 3.02. The molecule has 20 heavy (non-hydrogen) atoms. The number of nitrogens with two attached hydrogens (primary N) is 1. The van der Waals surface area contributed by atoms with Crippen molar-refractivity contribution < 1.29 is 27.9 Å². The first-order valence-electron chi connectivity index (χ1n) is 5.71. The van der Waals surface area contributed by atoms with E-state index in [0.29, 0.717) is 12.1 Å². The highest BCUT2D eigenvalue weighted by molar-refractivity contribution is 5.96. The van der Waals surface area contributed by atoms with E-state index in [4.69, 9.17) is 10.8 Å². The average molecular weight is 288 g/mol. The van der Waals surface area contributed by atoms with Crippen LogP contribution in [0.4, 0.5) is 13.2 Å². The highest BCUT2D eigenvalue weighted by Gasteiger charge is 2.43. The molecule has 108 valence electrons. The van der Waals surface area contributed by atoms with E-state index in [0.717, 1.165) is 4.90 Å². The average Bonchev–Trinajstić information content (AvgIpc) is 2.72. The Kier molecular flexibility index (Phi) is 3.43. The number of halogens is 3. The Balaban J connectivity index is 2.28. The normalized spacial score (nSPS) is 22.1. The van der Waals surface area contributed by atoms with Gasteiger partial charge in [0.25, 0.3) is 5.91 Å². The number of carbonyl (C=O) groups excluding carboxylic acids is 1. The van der Waals surface area contributed by atoms with Gasteiger partial charge in [-0.15, -0.1) is 0 Å². The molecule has 0 bridgehead atoms. The van der Waals surface area contributed by atoms with Crippen LogP contribution >= 0.6 is 0 Å². The largest absolute Gasteiger partial charge is 0.480 e. The Morgan fingerprint density at radius 1 is 1.25 bits per heavy atom. The Hall–Kier alpha value is -2.09. The van der Waals surface area contributed by atoms with E-state index in [-0.39, 0.29) is 19.5 Å². The number of nitrogens with zero attached hydrogens (tertiary/aromatic N) is 1. The van der Waals surface area contributed by atoms with Crippen molar-refractivity contribution in [1.29, 1.82) is 0 Å². The quantitative estimate of drug-likeness (QED) is 0.840. The van der Waals surface area contributed by atoms with Crippen molar-refractivity contribution in [3.05, 3.63) is 35.1 Å². The topological polar surface area (TPSA) is 83.6 Å². The molecule has 1 aromatic carbocycles. The smallest absolute Gasteiger partial charge is 0.325 e. The van der Waals surface area contributed by atoms with Gasteiger partial charge in [0.1, 0.15) is 28.6 Å². The molecule has 1 atom stereocenters. The summed E-state index contributed by atoms with van der Waals surface area (Å²) in [7, 11) is 0. The zero-order chi connectivity index (χ0) is 15.1. The molecule has 3 N–H and O–H groups in total. The zero-order valence-corrected chi connectivity index (χ0v) is 10.2. The molecule has 5 nitrogen and oxygen atoms in total. The fraction of sp³-hybridized carbons (Fsp3) is 0.333. The zero-order valence-electron chi connectivity index (χ0n) is 10.2. The molecule has 0 aromatic heterocycles. The standard InChI is InChI=1S/C12H11F3N2O3/c13-6-3-7(14)9(8(15)4-6)10(18)17-2-1-12(16,5-17)11(19)20/h3-4H,1-2,5,16H2,(H,19,20). The lowest BCUT2D eigenvalue weighted by Crippen LogP contribution is -2.50. The minimum atomic E-state index is -1.64. The van der Waals surface area contributed by atoms with E-state index >= 15 is 0 Å². The monoisotopic (exact) mass is 288 g/mol. The second-order valence-corrected chi connectivity index (χ2v) is 4.68. The van der Waals surface area contributed by atoms with Gasteiger partial charge in [-0.1, -0.05) is 0 Å². The van der Waals surface area contributed by atoms with Gasteiger partial charge in [-0.2, -0.15) is 0 Å². The molecule has 0 aliphatic carbocycles. The van der Waals surface area contributed by atoms with Crippen molar-refractivity contribution in [1.82, 2.24) is 4.90 Å².